The van der Waals surface area contributed by atoms with Crippen LogP contribution < -0.4 is 10.6 Å². The number of nitrogens with zero attached hydrogens (tertiary/aromatic N) is 2. The molecule has 7 heteroatoms. The Balaban J connectivity index is 2.25. The Kier molecular flexibility index (Phi) is 4.26. The molecular weight excluding hydrogens is 318 g/mol. The molecule has 0 aliphatic carbocycles. The highest BCUT2D eigenvalue weighted by molar-refractivity contribution is 9.10. The van der Waals surface area contributed by atoms with Crippen LogP contribution >= 0.6 is 15.9 Å². The highest BCUT2D eigenvalue weighted by atomic mass is 79.9. The van der Waals surface area contributed by atoms with Crippen molar-refractivity contribution >= 4 is 33.3 Å². The Morgan fingerprint density at radius 1 is 1.11 bits per heavy atom. The van der Waals surface area contributed by atoms with Crippen molar-refractivity contribution < 1.29 is 8.78 Å². The normalized spacial score (nSPS) is 10.3. The van der Waals surface area contributed by atoms with Gasteiger partial charge in [0, 0.05) is 18.7 Å². The number of aromatic nitrogens is 2. The second-order valence-electron chi connectivity index (χ2n) is 3.69. The first-order chi connectivity index (χ1) is 9.10. The third-order valence-corrected chi connectivity index (χ3v) is 2.91. The van der Waals surface area contributed by atoms with E-state index in [0.29, 0.717) is 18.2 Å². The summed E-state index contributed by atoms with van der Waals surface area (Å²) in [6.07, 6.45) is 1.34. The predicted molar refractivity (Wildman–Crippen MR) is 73.5 cm³/mol. The van der Waals surface area contributed by atoms with Crippen LogP contribution in [0.2, 0.25) is 0 Å². The lowest BCUT2D eigenvalue weighted by molar-refractivity contribution is 0.597. The molecule has 0 unspecified atom stereocenters. The Labute approximate surface area is 117 Å². The van der Waals surface area contributed by atoms with Crippen LogP contribution in [-0.2, 0) is 0 Å². The molecule has 0 aliphatic heterocycles. The second-order valence-corrected chi connectivity index (χ2v) is 4.54. The maximum atomic E-state index is 13.6. The number of halogens is 3. The molecule has 0 amide bonds. The van der Waals surface area contributed by atoms with E-state index >= 15 is 0 Å². The lowest BCUT2D eigenvalue weighted by atomic mass is 10.3. The van der Waals surface area contributed by atoms with Crippen LogP contribution in [0.5, 0.6) is 0 Å². The van der Waals surface area contributed by atoms with E-state index in [1.165, 1.54) is 6.33 Å². The fourth-order valence-corrected chi connectivity index (χ4v) is 1.78. The molecule has 4 nitrogen and oxygen atoms in total. The highest BCUT2D eigenvalue weighted by Gasteiger charge is 2.09. The molecule has 100 valence electrons. The Morgan fingerprint density at radius 3 is 2.58 bits per heavy atom. The molecule has 1 aromatic heterocycles. The maximum Gasteiger partial charge on any atom is 0.148 e. The summed E-state index contributed by atoms with van der Waals surface area (Å²) in [6.45, 7) is 2.64. The first-order valence-electron chi connectivity index (χ1n) is 5.57. The monoisotopic (exact) mass is 328 g/mol. The zero-order chi connectivity index (χ0) is 13.8. The lowest BCUT2D eigenvalue weighted by Gasteiger charge is -2.09. The van der Waals surface area contributed by atoms with Gasteiger partial charge in [0.1, 0.15) is 29.6 Å². The van der Waals surface area contributed by atoms with Gasteiger partial charge in [0.25, 0.3) is 0 Å². The standard InChI is InChI=1S/C12H11BrF2N4/c1-2-16-11-5-12(18-6-17-11)19-10-4-8(14)7(13)3-9(10)15/h3-6H,2H2,1H3,(H2,16,17,18,19). The molecule has 19 heavy (non-hydrogen) atoms. The van der Waals surface area contributed by atoms with E-state index in [-0.39, 0.29) is 10.2 Å². The molecule has 0 saturated heterocycles. The lowest BCUT2D eigenvalue weighted by Crippen LogP contribution is -2.02. The van der Waals surface area contributed by atoms with Crippen LogP contribution in [0.1, 0.15) is 6.92 Å². The fourth-order valence-electron chi connectivity index (χ4n) is 1.46. The van der Waals surface area contributed by atoms with Gasteiger partial charge in [0.05, 0.1) is 10.2 Å². The van der Waals surface area contributed by atoms with Crippen molar-refractivity contribution in [1.82, 2.24) is 9.97 Å². The first kappa shape index (κ1) is 13.7. The smallest absolute Gasteiger partial charge is 0.148 e. The summed E-state index contributed by atoms with van der Waals surface area (Å²) in [5.41, 5.74) is 0.0156. The van der Waals surface area contributed by atoms with Gasteiger partial charge in [-0.15, -0.1) is 0 Å². The molecule has 0 radical (unpaired) electrons. The number of hydrogen-bond acceptors (Lipinski definition) is 4. The van der Waals surface area contributed by atoms with Crippen LogP contribution in [-0.4, -0.2) is 16.5 Å². The first-order valence-corrected chi connectivity index (χ1v) is 6.37. The second kappa shape index (κ2) is 5.92. The minimum Gasteiger partial charge on any atom is -0.370 e. The van der Waals surface area contributed by atoms with Crippen molar-refractivity contribution in [1.29, 1.82) is 0 Å². The van der Waals surface area contributed by atoms with Gasteiger partial charge in [0.2, 0.25) is 0 Å². The van der Waals surface area contributed by atoms with Crippen molar-refractivity contribution in [2.45, 2.75) is 6.92 Å². The van der Waals surface area contributed by atoms with Gasteiger partial charge < -0.3 is 10.6 Å². The van der Waals surface area contributed by atoms with Crippen LogP contribution in [0.3, 0.4) is 0 Å². The van der Waals surface area contributed by atoms with E-state index in [4.69, 9.17) is 0 Å². The topological polar surface area (TPSA) is 49.8 Å². The van der Waals surface area contributed by atoms with Gasteiger partial charge in [0.15, 0.2) is 0 Å². The van der Waals surface area contributed by atoms with Crippen molar-refractivity contribution in [3.05, 3.63) is 40.6 Å². The molecule has 1 aromatic carbocycles. The minimum absolute atomic E-state index is 0.0156. The molecule has 0 atom stereocenters. The molecule has 2 rings (SSSR count). The number of anilines is 3. The summed E-state index contributed by atoms with van der Waals surface area (Å²) in [4.78, 5) is 7.93. The van der Waals surface area contributed by atoms with Crippen molar-refractivity contribution in [3.63, 3.8) is 0 Å². The summed E-state index contributed by atoms with van der Waals surface area (Å²) in [7, 11) is 0. The molecular formula is C12H11BrF2N4. The fraction of sp³-hybridized carbons (Fsp3) is 0.167. The molecule has 0 fully saturated rings. The van der Waals surface area contributed by atoms with Crippen LogP contribution in [0, 0.1) is 11.6 Å². The van der Waals surface area contributed by atoms with E-state index in [9.17, 15) is 8.78 Å². The molecule has 2 aromatic rings. The average molecular weight is 329 g/mol. The number of benzene rings is 1. The van der Waals surface area contributed by atoms with Crippen molar-refractivity contribution in [2.24, 2.45) is 0 Å². The van der Waals surface area contributed by atoms with E-state index in [2.05, 4.69) is 36.5 Å². The minimum atomic E-state index is -0.572. The number of rotatable bonds is 4. The SMILES string of the molecule is CCNc1cc(Nc2cc(F)c(Br)cc2F)ncn1. The van der Waals surface area contributed by atoms with E-state index in [1.54, 1.807) is 6.07 Å². The van der Waals surface area contributed by atoms with Crippen LogP contribution in [0.4, 0.5) is 26.1 Å². The third kappa shape index (κ3) is 3.37. The van der Waals surface area contributed by atoms with Gasteiger partial charge >= 0.3 is 0 Å². The highest BCUT2D eigenvalue weighted by Crippen LogP contribution is 2.25. The molecule has 2 N–H and O–H groups in total. The Hall–Kier alpha value is -1.76. The zero-order valence-electron chi connectivity index (χ0n) is 10.0. The predicted octanol–water partition coefficient (Wildman–Crippen LogP) is 3.69. The molecule has 0 spiro atoms. The van der Waals surface area contributed by atoms with Gasteiger partial charge in [-0.1, -0.05) is 0 Å². The van der Waals surface area contributed by atoms with E-state index in [0.717, 1.165) is 12.1 Å². The Bertz CT molecular complexity index is 592. The van der Waals surface area contributed by atoms with E-state index < -0.39 is 11.6 Å². The van der Waals surface area contributed by atoms with Crippen molar-refractivity contribution in [3.8, 4) is 0 Å². The van der Waals surface area contributed by atoms with Gasteiger partial charge in [-0.05, 0) is 28.9 Å². The average Bonchev–Trinajstić information content (AvgIpc) is 2.37. The summed E-state index contributed by atoms with van der Waals surface area (Å²) in [5.74, 6) is -0.133. The van der Waals surface area contributed by atoms with Gasteiger partial charge in [-0.2, -0.15) is 0 Å². The largest absolute Gasteiger partial charge is 0.370 e. The summed E-state index contributed by atoms with van der Waals surface area (Å²) in [6, 6.07) is 3.74. The third-order valence-electron chi connectivity index (χ3n) is 2.30. The molecule has 1 heterocycles. The van der Waals surface area contributed by atoms with E-state index in [1.807, 2.05) is 6.92 Å². The molecule has 0 bridgehead atoms. The van der Waals surface area contributed by atoms with Crippen LogP contribution in [0.25, 0.3) is 0 Å². The number of nitrogens with one attached hydrogen (secondary N) is 2. The summed E-state index contributed by atoms with van der Waals surface area (Å²) in [5, 5.41) is 5.71. The zero-order valence-corrected chi connectivity index (χ0v) is 11.6. The molecule has 0 saturated carbocycles. The summed E-state index contributed by atoms with van der Waals surface area (Å²) < 4.78 is 27.1. The number of hydrogen-bond donors (Lipinski definition) is 2. The van der Waals surface area contributed by atoms with Crippen LogP contribution in [0.15, 0.2) is 29.0 Å². The summed E-state index contributed by atoms with van der Waals surface area (Å²) >= 11 is 2.92. The quantitative estimate of drug-likeness (QED) is 0.840. The molecule has 0 aliphatic rings. The maximum absolute atomic E-state index is 13.6. The van der Waals surface area contributed by atoms with Gasteiger partial charge in [-0.25, -0.2) is 18.7 Å². The Morgan fingerprint density at radius 2 is 1.84 bits per heavy atom. The van der Waals surface area contributed by atoms with Gasteiger partial charge in [-0.3, -0.25) is 0 Å². The van der Waals surface area contributed by atoms with Crippen molar-refractivity contribution in [2.75, 3.05) is 17.2 Å².